The molecule has 17 heteroatoms. The number of carboxylic acid groups (broad SMARTS) is 1. The molecule has 0 saturated heterocycles. The fourth-order valence-corrected chi connectivity index (χ4v) is 5.83. The highest BCUT2D eigenvalue weighted by atomic mass is 32.2. The summed E-state index contributed by atoms with van der Waals surface area (Å²) in [7, 11) is -4.28. The Bertz CT molecular complexity index is 2020. The van der Waals surface area contributed by atoms with E-state index in [1.165, 1.54) is 12.1 Å². The van der Waals surface area contributed by atoms with Crippen molar-refractivity contribution in [1.82, 2.24) is 14.6 Å². The van der Waals surface area contributed by atoms with Gasteiger partial charge in [0.15, 0.2) is 11.5 Å². The first-order valence-corrected chi connectivity index (χ1v) is 17.0. The average molecular weight is 731 g/mol. The number of alkyl halides is 3. The van der Waals surface area contributed by atoms with Gasteiger partial charge in [-0.1, -0.05) is 24.3 Å². The van der Waals surface area contributed by atoms with Crippen LogP contribution in [0.15, 0.2) is 79.1 Å². The minimum absolute atomic E-state index is 0.128. The Morgan fingerprint density at radius 1 is 0.941 bits per heavy atom. The van der Waals surface area contributed by atoms with Crippen molar-refractivity contribution in [3.8, 4) is 11.5 Å². The van der Waals surface area contributed by atoms with Gasteiger partial charge in [-0.2, -0.15) is 13.2 Å². The van der Waals surface area contributed by atoms with Crippen molar-refractivity contribution in [3.63, 3.8) is 0 Å². The molecular weight excluding hydrogens is 697 g/mol. The first kappa shape index (κ1) is 38.1. The van der Waals surface area contributed by atoms with Gasteiger partial charge in [-0.15, -0.1) is 0 Å². The van der Waals surface area contributed by atoms with Crippen molar-refractivity contribution in [1.29, 1.82) is 0 Å². The summed E-state index contributed by atoms with van der Waals surface area (Å²) in [6.45, 7) is 5.50. The Labute approximate surface area is 290 Å². The van der Waals surface area contributed by atoms with Crippen LogP contribution in [0.5, 0.6) is 11.5 Å². The van der Waals surface area contributed by atoms with Gasteiger partial charge in [0.25, 0.3) is 17.7 Å². The topological polar surface area (TPSA) is 181 Å². The highest BCUT2D eigenvalue weighted by Gasteiger charge is 2.38. The summed E-state index contributed by atoms with van der Waals surface area (Å²) in [4.78, 5) is 53.0. The van der Waals surface area contributed by atoms with Gasteiger partial charge in [0.2, 0.25) is 10.0 Å². The molecule has 0 fully saturated rings. The summed E-state index contributed by atoms with van der Waals surface area (Å²) in [5, 5.41) is 12.0. The zero-order chi connectivity index (χ0) is 37.5. The number of aromatic nitrogens is 1. The fraction of sp³-hybridized carbons (Fsp3) is 0.265. The molecule has 5 rings (SSSR count). The largest absolute Gasteiger partial charge is 0.490 e. The van der Waals surface area contributed by atoms with Crippen molar-refractivity contribution in [2.45, 2.75) is 39.1 Å². The van der Waals surface area contributed by atoms with Gasteiger partial charge in [0.1, 0.15) is 6.04 Å². The Kier molecular flexibility index (Phi) is 11.9. The van der Waals surface area contributed by atoms with Crippen LogP contribution in [-0.2, 0) is 19.6 Å². The smallest absolute Gasteiger partial charge is 0.490 e. The van der Waals surface area contributed by atoms with E-state index in [9.17, 15) is 36.0 Å². The lowest BCUT2D eigenvalue weighted by molar-refractivity contribution is -0.192. The molecule has 3 N–H and O–H groups in total. The minimum Gasteiger partial charge on any atom is -0.490 e. The van der Waals surface area contributed by atoms with Crippen LogP contribution in [0, 0.1) is 0 Å². The summed E-state index contributed by atoms with van der Waals surface area (Å²) in [6, 6.07) is 17.3. The van der Waals surface area contributed by atoms with E-state index in [0.717, 1.165) is 15.7 Å². The number of aliphatic carboxylic acids is 1. The average Bonchev–Trinajstić information content (AvgIpc) is 3.31. The van der Waals surface area contributed by atoms with Crippen LogP contribution >= 0.6 is 0 Å². The number of fused-ring (bicyclic) bond motifs is 2. The quantitative estimate of drug-likeness (QED) is 0.168. The van der Waals surface area contributed by atoms with Crippen molar-refractivity contribution in [2.75, 3.05) is 24.2 Å². The number of nitrogens with one attached hydrogen (secondary N) is 2. The van der Waals surface area contributed by atoms with E-state index in [4.69, 9.17) is 19.4 Å². The number of carbonyl (C=O) groups is 4. The normalized spacial score (nSPS) is 13.3. The summed E-state index contributed by atoms with van der Waals surface area (Å²) in [5.74, 6) is -4.55. The van der Waals surface area contributed by atoms with Gasteiger partial charge in [-0.25, -0.2) is 13.2 Å². The summed E-state index contributed by atoms with van der Waals surface area (Å²) < 4.78 is 71.8. The Hall–Kier alpha value is -5.71. The number of benzene rings is 3. The van der Waals surface area contributed by atoms with Crippen LogP contribution < -0.4 is 19.5 Å². The number of nitrogens with zero attached hydrogens (tertiary/aromatic N) is 2. The van der Waals surface area contributed by atoms with E-state index >= 15 is 0 Å². The van der Waals surface area contributed by atoms with Gasteiger partial charge in [-0.05, 0) is 74.2 Å². The summed E-state index contributed by atoms with van der Waals surface area (Å²) >= 11 is 0. The number of anilines is 1. The highest BCUT2D eigenvalue weighted by Crippen LogP contribution is 2.33. The Morgan fingerprint density at radius 3 is 2.18 bits per heavy atom. The van der Waals surface area contributed by atoms with E-state index in [1.807, 2.05) is 39.0 Å². The molecule has 13 nitrogen and oxygen atoms in total. The molecule has 1 aliphatic heterocycles. The van der Waals surface area contributed by atoms with E-state index in [-0.39, 0.29) is 17.2 Å². The van der Waals surface area contributed by atoms with Crippen LogP contribution in [0.25, 0.3) is 10.8 Å². The third kappa shape index (κ3) is 9.72. The third-order valence-corrected chi connectivity index (χ3v) is 8.37. The molecule has 3 aromatic carbocycles. The number of hydrogen-bond acceptors (Lipinski definition) is 10. The number of imide groups is 1. The van der Waals surface area contributed by atoms with Crippen molar-refractivity contribution < 1.29 is 55.3 Å². The number of halogens is 3. The number of hydrogen-bond donors (Lipinski definition) is 3. The number of carbonyl (C=O) groups excluding carboxylic acids is 3. The third-order valence-electron chi connectivity index (χ3n) is 7.14. The molecule has 2 heterocycles. The maximum absolute atomic E-state index is 13.7. The summed E-state index contributed by atoms with van der Waals surface area (Å²) in [5.41, 5.74) is 1.41. The molecule has 0 radical (unpaired) electrons. The lowest BCUT2D eigenvalue weighted by Crippen LogP contribution is -2.42. The first-order valence-electron chi connectivity index (χ1n) is 15.3. The monoisotopic (exact) mass is 730 g/mol. The first-order chi connectivity index (χ1) is 24.0. The summed E-state index contributed by atoms with van der Waals surface area (Å²) in [6.07, 6.45) is -1.85. The number of pyridine rings is 1. The van der Waals surface area contributed by atoms with Gasteiger partial charge >= 0.3 is 12.1 Å². The second kappa shape index (κ2) is 15.9. The van der Waals surface area contributed by atoms with Crippen molar-refractivity contribution in [2.24, 2.45) is 0 Å². The zero-order valence-corrected chi connectivity index (χ0v) is 28.2. The number of amides is 3. The zero-order valence-electron chi connectivity index (χ0n) is 27.4. The molecule has 51 heavy (non-hydrogen) atoms. The van der Waals surface area contributed by atoms with Crippen LogP contribution in [-0.4, -0.2) is 78.3 Å². The molecule has 4 aromatic rings. The van der Waals surface area contributed by atoms with Crippen molar-refractivity contribution in [3.05, 3.63) is 95.8 Å². The standard InChI is InChI=1S/C32H32N4O7S.C2HF3O2/c1-4-42-28-18-22(10-12-27(28)43-20(2)3)29(34-24-11-9-23-19-33-14-13-21(23)17-24)30(37)35-44(40,41)16-15-36-31(38)25-7-5-6-8-26(25)32(36)39;3-2(4,5)1(6)7/h5-14,17-20,29,34H,4,15-16H2,1-3H3,(H,35,37);(H,6,7). The maximum atomic E-state index is 13.7. The van der Waals surface area contributed by atoms with Crippen molar-refractivity contribution >= 4 is 50.2 Å². The second-order valence-electron chi connectivity index (χ2n) is 11.2. The Balaban J connectivity index is 0.000000755. The Morgan fingerprint density at radius 2 is 1.59 bits per heavy atom. The van der Waals surface area contributed by atoms with Crippen LogP contribution in [0.3, 0.4) is 0 Å². The lowest BCUT2D eigenvalue weighted by Gasteiger charge is -2.22. The lowest BCUT2D eigenvalue weighted by atomic mass is 10.0. The number of rotatable bonds is 12. The van der Waals surface area contributed by atoms with Crippen LogP contribution in [0.1, 0.15) is 53.1 Å². The molecule has 1 unspecified atom stereocenters. The second-order valence-corrected chi connectivity index (χ2v) is 13.1. The van der Waals surface area contributed by atoms with Crippen LogP contribution in [0.2, 0.25) is 0 Å². The van der Waals surface area contributed by atoms with E-state index in [0.29, 0.717) is 29.4 Å². The number of ether oxygens (including phenoxy) is 2. The SMILES string of the molecule is CCOc1cc(C(Nc2ccc3cnccc3c2)C(=O)NS(=O)(=O)CCN2C(=O)c3ccccc3C2=O)ccc1OC(C)C.O=C(O)C(F)(F)F. The molecule has 1 aliphatic rings. The molecule has 0 spiro atoms. The predicted octanol–water partition coefficient (Wildman–Crippen LogP) is 4.95. The van der Waals surface area contributed by atoms with Gasteiger partial charge in [-0.3, -0.25) is 29.0 Å². The van der Waals surface area contributed by atoms with Gasteiger partial charge in [0.05, 0.1) is 29.6 Å². The van der Waals surface area contributed by atoms with E-state index < -0.39 is 58.2 Å². The molecule has 3 amide bonds. The molecule has 1 atom stereocenters. The molecule has 1 aromatic heterocycles. The minimum atomic E-state index is -5.08. The predicted molar refractivity (Wildman–Crippen MR) is 179 cm³/mol. The van der Waals surface area contributed by atoms with E-state index in [1.54, 1.807) is 48.8 Å². The van der Waals surface area contributed by atoms with Crippen LogP contribution in [0.4, 0.5) is 18.9 Å². The fourth-order valence-electron chi connectivity index (χ4n) is 4.88. The molecule has 0 aliphatic carbocycles. The number of carboxylic acids is 1. The molecular formula is C34H33F3N4O9S. The van der Waals surface area contributed by atoms with E-state index in [2.05, 4.69) is 15.0 Å². The maximum Gasteiger partial charge on any atom is 0.490 e. The van der Waals surface area contributed by atoms with Gasteiger partial charge < -0.3 is 19.9 Å². The molecule has 0 saturated carbocycles. The number of sulfonamides is 1. The highest BCUT2D eigenvalue weighted by molar-refractivity contribution is 7.90. The van der Waals surface area contributed by atoms with Gasteiger partial charge in [0, 0.05) is 30.0 Å². The molecule has 270 valence electrons. The molecule has 0 bridgehead atoms.